The van der Waals surface area contributed by atoms with E-state index in [0.29, 0.717) is 43.3 Å². The molecular formula is C22H17BrCl3NO4. The predicted octanol–water partition coefficient (Wildman–Crippen LogP) is 7.31. The minimum Gasteiger partial charge on any atom is -0.493 e. The van der Waals surface area contributed by atoms with Gasteiger partial charge in [0.05, 0.1) is 27.9 Å². The topological polar surface area (TPSA) is 67.8 Å². The number of hydrogen-bond acceptors (Lipinski definition) is 4. The zero-order chi connectivity index (χ0) is 22.5. The van der Waals surface area contributed by atoms with Crippen molar-refractivity contribution in [3.05, 3.63) is 84.8 Å². The van der Waals surface area contributed by atoms with Crippen LogP contribution in [-0.4, -0.2) is 18.2 Å². The van der Waals surface area contributed by atoms with E-state index in [-0.39, 0.29) is 12.2 Å². The number of carbonyl (C=O) groups is 1. The van der Waals surface area contributed by atoms with Crippen LogP contribution in [0, 0.1) is 0 Å². The molecular weight excluding hydrogens is 529 g/mol. The summed E-state index contributed by atoms with van der Waals surface area (Å²) >= 11 is 21.8. The van der Waals surface area contributed by atoms with Crippen molar-refractivity contribution in [1.82, 2.24) is 0 Å². The molecule has 9 heteroatoms. The molecule has 3 aromatic rings. The van der Waals surface area contributed by atoms with Gasteiger partial charge in [0.2, 0.25) is 0 Å². The first-order chi connectivity index (χ1) is 14.8. The minimum atomic E-state index is -1.02. The highest BCUT2D eigenvalue weighted by Crippen LogP contribution is 2.38. The fourth-order valence-corrected chi connectivity index (χ4v) is 4.05. The fourth-order valence-electron chi connectivity index (χ4n) is 2.80. The molecule has 0 aromatic heterocycles. The van der Waals surface area contributed by atoms with Gasteiger partial charge in [-0.2, -0.15) is 0 Å². The van der Waals surface area contributed by atoms with Crippen LogP contribution in [0.5, 0.6) is 11.5 Å². The second kappa shape index (κ2) is 10.5. The molecule has 3 aromatic carbocycles. The highest BCUT2D eigenvalue weighted by molar-refractivity contribution is 9.10. The molecule has 0 heterocycles. The monoisotopic (exact) mass is 543 g/mol. The van der Waals surface area contributed by atoms with Crippen LogP contribution in [0.25, 0.3) is 0 Å². The molecule has 2 N–H and O–H groups in total. The molecule has 3 rings (SSSR count). The van der Waals surface area contributed by atoms with Crippen LogP contribution < -0.4 is 14.8 Å². The Morgan fingerprint density at radius 2 is 1.84 bits per heavy atom. The van der Waals surface area contributed by atoms with E-state index in [9.17, 15) is 4.79 Å². The molecule has 0 spiro atoms. The Kier molecular flexibility index (Phi) is 7.94. The molecule has 5 nitrogen and oxygen atoms in total. The van der Waals surface area contributed by atoms with E-state index in [4.69, 9.17) is 49.4 Å². The van der Waals surface area contributed by atoms with Gasteiger partial charge in [-0.1, -0.05) is 40.9 Å². The first-order valence-corrected chi connectivity index (χ1v) is 10.9. The van der Waals surface area contributed by atoms with Crippen LogP contribution >= 0.6 is 50.7 Å². The Bertz CT molecular complexity index is 1120. The molecule has 0 saturated heterocycles. The first kappa shape index (κ1) is 23.5. The Morgan fingerprint density at radius 1 is 1.06 bits per heavy atom. The minimum absolute atomic E-state index is 0.148. The lowest BCUT2D eigenvalue weighted by Gasteiger charge is -2.16. The van der Waals surface area contributed by atoms with Crippen molar-refractivity contribution in [2.45, 2.75) is 13.2 Å². The number of rotatable bonds is 8. The van der Waals surface area contributed by atoms with Crippen LogP contribution in [0.3, 0.4) is 0 Å². The normalized spacial score (nSPS) is 10.6. The zero-order valence-corrected chi connectivity index (χ0v) is 20.1. The number of ether oxygens (including phenoxy) is 2. The summed E-state index contributed by atoms with van der Waals surface area (Å²) in [5.41, 5.74) is 2.33. The van der Waals surface area contributed by atoms with Crippen LogP contribution in [-0.2, 0) is 13.2 Å². The summed E-state index contributed by atoms with van der Waals surface area (Å²) in [7, 11) is 1.55. The van der Waals surface area contributed by atoms with Crippen LogP contribution in [0.2, 0.25) is 15.1 Å². The zero-order valence-electron chi connectivity index (χ0n) is 16.2. The van der Waals surface area contributed by atoms with Gasteiger partial charge in [-0.3, -0.25) is 0 Å². The first-order valence-electron chi connectivity index (χ1n) is 8.98. The Balaban J connectivity index is 1.76. The van der Waals surface area contributed by atoms with Gasteiger partial charge in [0.15, 0.2) is 11.5 Å². The van der Waals surface area contributed by atoms with E-state index in [1.807, 2.05) is 12.1 Å². The summed E-state index contributed by atoms with van der Waals surface area (Å²) in [6.45, 7) is 0.626. The van der Waals surface area contributed by atoms with Gasteiger partial charge in [-0.25, -0.2) is 4.79 Å². The van der Waals surface area contributed by atoms with Crippen LogP contribution in [0.1, 0.15) is 21.5 Å². The lowest BCUT2D eigenvalue weighted by Crippen LogP contribution is -2.04. The molecule has 162 valence electrons. The molecule has 0 saturated carbocycles. The summed E-state index contributed by atoms with van der Waals surface area (Å²) in [4.78, 5) is 11.2. The molecule has 31 heavy (non-hydrogen) atoms. The van der Waals surface area contributed by atoms with Crippen LogP contribution in [0.15, 0.2) is 53.0 Å². The maximum Gasteiger partial charge on any atom is 0.335 e. The smallest absolute Gasteiger partial charge is 0.335 e. The maximum atomic E-state index is 11.2. The van der Waals surface area contributed by atoms with Gasteiger partial charge >= 0.3 is 5.97 Å². The summed E-state index contributed by atoms with van der Waals surface area (Å²) < 4.78 is 12.1. The van der Waals surface area contributed by atoms with E-state index >= 15 is 0 Å². The Morgan fingerprint density at radius 3 is 2.52 bits per heavy atom. The highest BCUT2D eigenvalue weighted by atomic mass is 79.9. The Labute approximate surface area is 203 Å². The standard InChI is InChI=1S/C22H17BrCl3NO4/c1-30-20-7-12(10-27-19-8-13(22(28)29)3-5-17(19)25)6-16(23)21(20)31-11-14-2-4-15(24)9-18(14)26/h2-9,27H,10-11H2,1H3,(H,28,29). The van der Waals surface area contributed by atoms with E-state index in [2.05, 4.69) is 21.2 Å². The van der Waals surface area contributed by atoms with Gasteiger partial charge < -0.3 is 19.9 Å². The second-order valence-electron chi connectivity index (χ2n) is 6.49. The Hall–Kier alpha value is -2.12. The average molecular weight is 546 g/mol. The lowest BCUT2D eigenvalue weighted by atomic mass is 10.1. The molecule has 0 radical (unpaired) electrons. The average Bonchev–Trinajstić information content (AvgIpc) is 2.73. The van der Waals surface area contributed by atoms with Gasteiger partial charge in [0.1, 0.15) is 6.61 Å². The molecule has 0 aliphatic carbocycles. The summed E-state index contributed by atoms with van der Waals surface area (Å²) in [5, 5.41) is 13.8. The summed E-state index contributed by atoms with van der Waals surface area (Å²) in [5.74, 6) is 0.0382. The van der Waals surface area contributed by atoms with Gasteiger partial charge in [0.25, 0.3) is 0 Å². The van der Waals surface area contributed by atoms with E-state index < -0.39 is 5.97 Å². The van der Waals surface area contributed by atoms with Crippen LogP contribution in [0.4, 0.5) is 5.69 Å². The van der Waals surface area contributed by atoms with Crippen molar-refractivity contribution in [2.75, 3.05) is 12.4 Å². The summed E-state index contributed by atoms with van der Waals surface area (Å²) in [6.07, 6.45) is 0. The summed E-state index contributed by atoms with van der Waals surface area (Å²) in [6, 6.07) is 13.4. The van der Waals surface area contributed by atoms with Crippen molar-refractivity contribution in [3.8, 4) is 11.5 Å². The highest BCUT2D eigenvalue weighted by Gasteiger charge is 2.14. The number of halogens is 4. The van der Waals surface area contributed by atoms with Crippen molar-refractivity contribution in [2.24, 2.45) is 0 Å². The third-order valence-electron chi connectivity index (χ3n) is 4.37. The van der Waals surface area contributed by atoms with E-state index in [1.54, 1.807) is 31.4 Å². The number of carboxylic acids is 1. The van der Waals surface area contributed by atoms with Gasteiger partial charge in [0, 0.05) is 22.2 Å². The number of methoxy groups -OCH3 is 1. The third-order valence-corrected chi connectivity index (χ3v) is 5.88. The van der Waals surface area contributed by atoms with Gasteiger partial charge in [-0.15, -0.1) is 0 Å². The largest absolute Gasteiger partial charge is 0.493 e. The molecule has 0 aliphatic heterocycles. The molecule has 0 amide bonds. The third kappa shape index (κ3) is 5.98. The number of benzene rings is 3. The molecule has 0 fully saturated rings. The predicted molar refractivity (Wildman–Crippen MR) is 127 cm³/mol. The molecule has 0 unspecified atom stereocenters. The molecule has 0 atom stereocenters. The van der Waals surface area contributed by atoms with Crippen molar-refractivity contribution < 1.29 is 19.4 Å². The fraction of sp³-hybridized carbons (Fsp3) is 0.136. The second-order valence-corrected chi connectivity index (χ2v) is 8.59. The van der Waals surface area contributed by atoms with Crippen molar-refractivity contribution >= 4 is 62.4 Å². The van der Waals surface area contributed by atoms with Crippen molar-refractivity contribution in [1.29, 1.82) is 0 Å². The lowest BCUT2D eigenvalue weighted by molar-refractivity contribution is 0.0697. The number of nitrogens with one attached hydrogen (secondary N) is 1. The number of hydrogen-bond donors (Lipinski definition) is 2. The van der Waals surface area contributed by atoms with Crippen molar-refractivity contribution in [3.63, 3.8) is 0 Å². The molecule has 0 bridgehead atoms. The quantitative estimate of drug-likeness (QED) is 0.311. The maximum absolute atomic E-state index is 11.2. The van der Waals surface area contributed by atoms with E-state index in [1.165, 1.54) is 12.1 Å². The number of aromatic carboxylic acids is 1. The van der Waals surface area contributed by atoms with Gasteiger partial charge in [-0.05, 0) is 64.0 Å². The van der Waals surface area contributed by atoms with E-state index in [0.717, 1.165) is 11.1 Å². The number of carboxylic acid groups (broad SMARTS) is 1. The number of anilines is 1. The SMILES string of the molecule is COc1cc(CNc2cc(C(=O)O)ccc2Cl)cc(Br)c1OCc1ccc(Cl)cc1Cl. The molecule has 0 aliphatic rings.